The average Bonchev–Trinajstić information content (AvgIpc) is 2.70. The Kier molecular flexibility index (Phi) is 9.15. The second kappa shape index (κ2) is 11.9. The molecule has 2 N–H and O–H groups in total. The van der Waals surface area contributed by atoms with Gasteiger partial charge in [-0.25, -0.2) is 4.79 Å². The van der Waals surface area contributed by atoms with E-state index in [0.717, 1.165) is 28.8 Å². The molecule has 0 bridgehead atoms. The lowest BCUT2D eigenvalue weighted by molar-refractivity contribution is 0.0696. The van der Waals surface area contributed by atoms with Gasteiger partial charge >= 0.3 is 5.97 Å². The Balaban J connectivity index is 1.80. The maximum absolute atomic E-state index is 11.2. The second-order valence-electron chi connectivity index (χ2n) is 7.15. The SMILES string of the molecule is CCCCCCCCC#Cc1ccc(CNc2cccc(C(=O)O)c2C)cc1. The normalized spacial score (nSPS) is 10.2. The molecule has 3 nitrogen and oxygen atoms in total. The van der Waals surface area contributed by atoms with Gasteiger partial charge in [-0.3, -0.25) is 0 Å². The van der Waals surface area contributed by atoms with Crippen LogP contribution in [0.4, 0.5) is 5.69 Å². The fourth-order valence-electron chi connectivity index (χ4n) is 3.12. The van der Waals surface area contributed by atoms with Crippen molar-refractivity contribution in [1.29, 1.82) is 0 Å². The Morgan fingerprint density at radius 3 is 2.43 bits per heavy atom. The lowest BCUT2D eigenvalue weighted by atomic mass is 10.1. The van der Waals surface area contributed by atoms with E-state index in [1.807, 2.05) is 25.1 Å². The highest BCUT2D eigenvalue weighted by Crippen LogP contribution is 2.20. The van der Waals surface area contributed by atoms with Gasteiger partial charge in [0.05, 0.1) is 5.56 Å². The molecule has 0 spiro atoms. The summed E-state index contributed by atoms with van der Waals surface area (Å²) in [5.41, 5.74) is 4.12. The predicted octanol–water partition coefficient (Wildman–Crippen LogP) is 6.41. The molecule has 0 aliphatic heterocycles. The van der Waals surface area contributed by atoms with Crippen LogP contribution in [-0.2, 0) is 6.54 Å². The smallest absolute Gasteiger partial charge is 0.336 e. The number of anilines is 1. The Hall–Kier alpha value is -2.73. The molecule has 28 heavy (non-hydrogen) atoms. The number of carbonyl (C=O) groups is 1. The third-order valence-corrected chi connectivity index (χ3v) is 4.89. The minimum absolute atomic E-state index is 0.334. The van der Waals surface area contributed by atoms with Gasteiger partial charge in [-0.15, -0.1) is 0 Å². The standard InChI is InChI=1S/C25H31NO2/c1-3-4-5-6-7-8-9-10-12-21-15-17-22(18-16-21)19-26-24-14-11-13-23(20(24)2)25(27)28/h11,13-18,26H,3-9,19H2,1-2H3,(H,27,28). The molecule has 0 radical (unpaired) electrons. The molecule has 2 rings (SSSR count). The lowest BCUT2D eigenvalue weighted by Crippen LogP contribution is -2.05. The molecule has 0 saturated heterocycles. The maximum Gasteiger partial charge on any atom is 0.336 e. The van der Waals surface area contributed by atoms with Crippen molar-refractivity contribution in [2.45, 2.75) is 65.3 Å². The van der Waals surface area contributed by atoms with Crippen LogP contribution in [0.1, 0.15) is 78.9 Å². The molecule has 0 aromatic heterocycles. The van der Waals surface area contributed by atoms with Gasteiger partial charge in [0.2, 0.25) is 0 Å². The number of hydrogen-bond acceptors (Lipinski definition) is 2. The highest BCUT2D eigenvalue weighted by Gasteiger charge is 2.09. The van der Waals surface area contributed by atoms with Gasteiger partial charge in [0.25, 0.3) is 0 Å². The number of benzene rings is 2. The van der Waals surface area contributed by atoms with Crippen LogP contribution in [0.25, 0.3) is 0 Å². The number of hydrogen-bond donors (Lipinski definition) is 2. The van der Waals surface area contributed by atoms with Crippen molar-refractivity contribution in [3.8, 4) is 11.8 Å². The van der Waals surface area contributed by atoms with E-state index in [1.54, 1.807) is 12.1 Å². The molecular weight excluding hydrogens is 346 g/mol. The first-order valence-electron chi connectivity index (χ1n) is 10.3. The number of nitrogens with one attached hydrogen (secondary N) is 1. The molecule has 0 unspecified atom stereocenters. The van der Waals surface area contributed by atoms with Crippen molar-refractivity contribution in [1.82, 2.24) is 0 Å². The quantitative estimate of drug-likeness (QED) is 0.372. The summed E-state index contributed by atoms with van der Waals surface area (Å²) in [5, 5.41) is 12.5. The van der Waals surface area contributed by atoms with Crippen LogP contribution in [0, 0.1) is 18.8 Å². The molecular formula is C25H31NO2. The van der Waals surface area contributed by atoms with E-state index in [4.69, 9.17) is 0 Å². The summed E-state index contributed by atoms with van der Waals surface area (Å²) in [6.07, 6.45) is 8.74. The van der Waals surface area contributed by atoms with E-state index in [2.05, 4.69) is 36.2 Å². The second-order valence-corrected chi connectivity index (χ2v) is 7.15. The first kappa shape index (κ1) is 21.6. The van der Waals surface area contributed by atoms with Gasteiger partial charge in [-0.2, -0.15) is 0 Å². The molecule has 0 atom stereocenters. The summed E-state index contributed by atoms with van der Waals surface area (Å²) in [6, 6.07) is 13.5. The zero-order chi connectivity index (χ0) is 20.2. The van der Waals surface area contributed by atoms with Gasteiger partial charge in [0.15, 0.2) is 0 Å². The van der Waals surface area contributed by atoms with Gasteiger partial charge < -0.3 is 10.4 Å². The topological polar surface area (TPSA) is 49.3 Å². The Morgan fingerprint density at radius 1 is 1.00 bits per heavy atom. The monoisotopic (exact) mass is 377 g/mol. The van der Waals surface area contributed by atoms with Crippen molar-refractivity contribution in [2.24, 2.45) is 0 Å². The van der Waals surface area contributed by atoms with Gasteiger partial charge in [0.1, 0.15) is 0 Å². The van der Waals surface area contributed by atoms with Gasteiger partial charge in [0, 0.05) is 24.2 Å². The molecule has 148 valence electrons. The van der Waals surface area contributed by atoms with E-state index in [1.165, 1.54) is 38.5 Å². The first-order valence-corrected chi connectivity index (χ1v) is 10.3. The third-order valence-electron chi connectivity index (χ3n) is 4.89. The summed E-state index contributed by atoms with van der Waals surface area (Å²) in [7, 11) is 0. The molecule has 0 fully saturated rings. The molecule has 0 aliphatic carbocycles. The fourth-order valence-corrected chi connectivity index (χ4v) is 3.12. The largest absolute Gasteiger partial charge is 0.478 e. The molecule has 3 heteroatoms. The van der Waals surface area contributed by atoms with Crippen molar-refractivity contribution >= 4 is 11.7 Å². The maximum atomic E-state index is 11.2. The highest BCUT2D eigenvalue weighted by atomic mass is 16.4. The lowest BCUT2D eigenvalue weighted by Gasteiger charge is -2.11. The average molecular weight is 378 g/mol. The number of carboxylic acids is 1. The van der Waals surface area contributed by atoms with Crippen molar-refractivity contribution in [3.05, 3.63) is 64.7 Å². The fraction of sp³-hybridized carbons (Fsp3) is 0.400. The predicted molar refractivity (Wildman–Crippen MR) is 117 cm³/mol. The summed E-state index contributed by atoms with van der Waals surface area (Å²) in [4.78, 5) is 11.2. The van der Waals surface area contributed by atoms with Gasteiger partial charge in [-0.05, 0) is 48.7 Å². The molecule has 0 heterocycles. The molecule has 2 aromatic rings. The Bertz CT molecular complexity index is 813. The number of carboxylic acid groups (broad SMARTS) is 1. The minimum atomic E-state index is -0.898. The van der Waals surface area contributed by atoms with E-state index < -0.39 is 5.97 Å². The minimum Gasteiger partial charge on any atom is -0.478 e. The van der Waals surface area contributed by atoms with E-state index in [-0.39, 0.29) is 0 Å². The van der Waals surface area contributed by atoms with Crippen LogP contribution in [-0.4, -0.2) is 11.1 Å². The third kappa shape index (κ3) is 7.12. The summed E-state index contributed by atoms with van der Waals surface area (Å²) in [6.45, 7) is 4.72. The first-order chi connectivity index (χ1) is 13.6. The number of aromatic carboxylic acids is 1. The van der Waals surface area contributed by atoms with Crippen molar-refractivity contribution in [3.63, 3.8) is 0 Å². The van der Waals surface area contributed by atoms with Gasteiger partial charge in [-0.1, -0.05) is 69.1 Å². The zero-order valence-electron chi connectivity index (χ0n) is 17.1. The Morgan fingerprint density at radius 2 is 1.71 bits per heavy atom. The van der Waals surface area contributed by atoms with E-state index in [0.29, 0.717) is 12.1 Å². The number of unbranched alkanes of at least 4 members (excludes halogenated alkanes) is 6. The summed E-state index contributed by atoms with van der Waals surface area (Å²) in [5.74, 6) is 5.62. The Labute approximate surface area is 169 Å². The summed E-state index contributed by atoms with van der Waals surface area (Å²) >= 11 is 0. The van der Waals surface area contributed by atoms with Crippen LogP contribution in [0.15, 0.2) is 42.5 Å². The van der Waals surface area contributed by atoms with Crippen molar-refractivity contribution < 1.29 is 9.90 Å². The molecule has 2 aromatic carbocycles. The van der Waals surface area contributed by atoms with Crippen LogP contribution in [0.5, 0.6) is 0 Å². The van der Waals surface area contributed by atoms with Crippen LogP contribution in [0.3, 0.4) is 0 Å². The van der Waals surface area contributed by atoms with Crippen LogP contribution >= 0.6 is 0 Å². The van der Waals surface area contributed by atoms with Crippen LogP contribution in [0.2, 0.25) is 0 Å². The van der Waals surface area contributed by atoms with Crippen molar-refractivity contribution in [2.75, 3.05) is 5.32 Å². The zero-order valence-corrected chi connectivity index (χ0v) is 17.1. The van der Waals surface area contributed by atoms with E-state index in [9.17, 15) is 9.90 Å². The molecule has 0 saturated carbocycles. The highest BCUT2D eigenvalue weighted by molar-refractivity contribution is 5.91. The molecule has 0 aliphatic rings. The molecule has 0 amide bonds. The summed E-state index contributed by atoms with van der Waals surface area (Å²) < 4.78 is 0. The van der Waals surface area contributed by atoms with E-state index >= 15 is 0 Å². The number of rotatable bonds is 10. The van der Waals surface area contributed by atoms with Crippen LogP contribution < -0.4 is 5.32 Å².